The van der Waals surface area contributed by atoms with Gasteiger partial charge in [0.25, 0.3) is 0 Å². The van der Waals surface area contributed by atoms with Crippen LogP contribution in [0.3, 0.4) is 0 Å². The Morgan fingerprint density at radius 2 is 1.35 bits per heavy atom. The van der Waals surface area contributed by atoms with Gasteiger partial charge in [0.2, 0.25) is 0 Å². The molecule has 1 heterocycles. The second kappa shape index (κ2) is 13.3. The van der Waals surface area contributed by atoms with Crippen molar-refractivity contribution in [1.29, 1.82) is 0 Å². The van der Waals surface area contributed by atoms with Crippen molar-refractivity contribution in [3.63, 3.8) is 0 Å². The van der Waals surface area contributed by atoms with Crippen molar-refractivity contribution in [2.75, 3.05) is 27.4 Å². The summed E-state index contributed by atoms with van der Waals surface area (Å²) in [5.41, 5.74) is 7.60. The molecule has 5 aromatic rings. The summed E-state index contributed by atoms with van der Waals surface area (Å²) in [6.07, 6.45) is 8.18. The molecular weight excluding hydrogens is 673 g/mol. The number of methoxy groups -OCH3 is 2. The van der Waals surface area contributed by atoms with Crippen LogP contribution in [0, 0.1) is 10.8 Å². The third kappa shape index (κ3) is 5.91. The van der Waals surface area contributed by atoms with E-state index in [-0.39, 0.29) is 35.4 Å². The summed E-state index contributed by atoms with van der Waals surface area (Å²) in [5, 5.41) is 2.19. The van der Waals surface area contributed by atoms with Gasteiger partial charge in [0.1, 0.15) is 36.2 Å². The van der Waals surface area contributed by atoms with Crippen molar-refractivity contribution in [1.82, 2.24) is 0 Å². The van der Waals surface area contributed by atoms with Gasteiger partial charge in [-0.2, -0.15) is 0 Å². The van der Waals surface area contributed by atoms with Gasteiger partial charge >= 0.3 is 5.97 Å². The first-order valence-corrected chi connectivity index (χ1v) is 19.1. The maximum absolute atomic E-state index is 11.6. The van der Waals surface area contributed by atoms with Crippen molar-refractivity contribution < 1.29 is 28.5 Å². The second-order valence-electron chi connectivity index (χ2n) is 16.7. The second-order valence-corrected chi connectivity index (χ2v) is 16.7. The molecular formula is C48H50O6. The standard InChI is InChI=1S/C48H50O6/c1-8-41(49)53-26-25-52-34-19-15-32(16-20-34)48(31-13-17-33(50-6)18-14-31)24-23-38-43-42(36-22-21-35(51-7)27-39(36)44(38)54-48)37-11-9-10-12-40(37)47(43)29-45(2,3)28-46(4,5)30-47/h9-24,27H,8,25-26,28-30H2,1-7H3. The number of carbonyl (C=O) groups excluding carboxylic acids is 1. The number of hydrogen-bond donors (Lipinski definition) is 0. The zero-order chi connectivity index (χ0) is 37.9. The Hall–Kier alpha value is -5.23. The quantitative estimate of drug-likeness (QED) is 0.111. The minimum atomic E-state index is -0.970. The molecule has 1 fully saturated rings. The van der Waals surface area contributed by atoms with Gasteiger partial charge in [-0.25, -0.2) is 0 Å². The molecule has 0 N–H and O–H groups in total. The van der Waals surface area contributed by atoms with E-state index < -0.39 is 5.60 Å². The monoisotopic (exact) mass is 722 g/mol. The topological polar surface area (TPSA) is 63.2 Å². The van der Waals surface area contributed by atoms with E-state index in [0.717, 1.165) is 52.2 Å². The summed E-state index contributed by atoms with van der Waals surface area (Å²) >= 11 is 0. The summed E-state index contributed by atoms with van der Waals surface area (Å²) in [4.78, 5) is 11.6. The third-order valence-corrected chi connectivity index (χ3v) is 11.7. The van der Waals surface area contributed by atoms with E-state index in [0.29, 0.717) is 12.2 Å². The van der Waals surface area contributed by atoms with Gasteiger partial charge in [0.05, 0.1) is 14.2 Å². The average molecular weight is 723 g/mol. The minimum absolute atomic E-state index is 0.131. The fraction of sp³-hybridized carbons (Fsp3) is 0.354. The van der Waals surface area contributed by atoms with E-state index in [9.17, 15) is 4.79 Å². The molecule has 1 aliphatic heterocycles. The Balaban J connectivity index is 1.34. The summed E-state index contributed by atoms with van der Waals surface area (Å²) in [6.45, 7) is 12.0. The number of fused-ring (bicyclic) bond motifs is 10. The van der Waals surface area contributed by atoms with Crippen molar-refractivity contribution >= 4 is 22.8 Å². The summed E-state index contributed by atoms with van der Waals surface area (Å²) < 4.78 is 30.2. The Morgan fingerprint density at radius 1 is 0.722 bits per heavy atom. The van der Waals surface area contributed by atoms with Crippen LogP contribution in [0.2, 0.25) is 0 Å². The van der Waals surface area contributed by atoms with E-state index >= 15 is 0 Å². The Kier molecular flexibility index (Phi) is 8.79. The highest BCUT2D eigenvalue weighted by Gasteiger charge is 2.55. The molecule has 54 heavy (non-hydrogen) atoms. The zero-order valence-corrected chi connectivity index (χ0v) is 32.5. The number of ether oxygens (including phenoxy) is 5. The van der Waals surface area contributed by atoms with Gasteiger partial charge in [-0.1, -0.05) is 89.2 Å². The summed E-state index contributed by atoms with van der Waals surface area (Å²) in [5.74, 6) is 2.86. The van der Waals surface area contributed by atoms with Crippen LogP contribution >= 0.6 is 0 Å². The van der Waals surface area contributed by atoms with Crippen LogP contribution in [0.1, 0.15) is 88.1 Å². The predicted molar refractivity (Wildman–Crippen MR) is 215 cm³/mol. The van der Waals surface area contributed by atoms with Gasteiger partial charge in [0, 0.05) is 33.9 Å². The molecule has 1 saturated carbocycles. The maximum Gasteiger partial charge on any atom is 0.305 e. The number of rotatable bonds is 9. The van der Waals surface area contributed by atoms with Crippen molar-refractivity contribution in [3.05, 3.63) is 125 Å². The fourth-order valence-electron chi connectivity index (χ4n) is 10.3. The van der Waals surface area contributed by atoms with E-state index in [2.05, 4.69) is 107 Å². The largest absolute Gasteiger partial charge is 0.497 e. The number of hydrogen-bond acceptors (Lipinski definition) is 6. The van der Waals surface area contributed by atoms with Crippen LogP contribution in [-0.4, -0.2) is 33.4 Å². The average Bonchev–Trinajstić information content (AvgIpc) is 3.43. The zero-order valence-electron chi connectivity index (χ0n) is 32.5. The molecule has 6 nitrogen and oxygen atoms in total. The molecule has 0 aromatic heterocycles. The first kappa shape index (κ1) is 35.8. The van der Waals surface area contributed by atoms with Crippen molar-refractivity contribution in [3.8, 4) is 34.1 Å². The number of benzene rings is 5. The fourth-order valence-corrected chi connectivity index (χ4v) is 10.3. The molecule has 1 atom stereocenters. The van der Waals surface area contributed by atoms with Crippen LogP contribution in [0.5, 0.6) is 23.0 Å². The lowest BCUT2D eigenvalue weighted by Gasteiger charge is -2.52. The molecule has 6 heteroatoms. The Morgan fingerprint density at radius 3 is 2.00 bits per heavy atom. The van der Waals surface area contributed by atoms with Gasteiger partial charge < -0.3 is 23.7 Å². The Bertz CT molecular complexity index is 2250. The SMILES string of the molecule is CCC(=O)OCCOc1ccc(C2(c3ccc(OC)cc3)C=Cc3c4c(c5ccc(OC)cc5c3O2)-c2ccccc2C42CC(C)(C)CC(C)(C)C2)cc1. The lowest BCUT2D eigenvalue weighted by atomic mass is 9.52. The molecule has 0 amide bonds. The normalized spacial score (nSPS) is 19.7. The lowest BCUT2D eigenvalue weighted by molar-refractivity contribution is -0.143. The highest BCUT2D eigenvalue weighted by Crippen LogP contribution is 2.67. The minimum Gasteiger partial charge on any atom is -0.497 e. The van der Waals surface area contributed by atoms with Crippen molar-refractivity contribution in [2.24, 2.45) is 10.8 Å². The van der Waals surface area contributed by atoms with E-state index in [1.165, 1.54) is 34.1 Å². The first-order valence-electron chi connectivity index (χ1n) is 19.1. The van der Waals surface area contributed by atoms with Crippen LogP contribution < -0.4 is 18.9 Å². The number of esters is 1. The van der Waals surface area contributed by atoms with Crippen LogP contribution in [0.4, 0.5) is 0 Å². The molecule has 0 saturated heterocycles. The molecule has 8 rings (SSSR count). The van der Waals surface area contributed by atoms with Crippen LogP contribution in [0.25, 0.3) is 28.0 Å². The molecule has 278 valence electrons. The molecule has 0 radical (unpaired) electrons. The molecule has 1 spiro atoms. The van der Waals surface area contributed by atoms with E-state index in [1.54, 1.807) is 21.1 Å². The molecule has 1 unspecified atom stereocenters. The highest BCUT2D eigenvalue weighted by atomic mass is 16.6. The summed E-state index contributed by atoms with van der Waals surface area (Å²) in [6, 6.07) is 31.7. The third-order valence-electron chi connectivity index (χ3n) is 11.7. The van der Waals surface area contributed by atoms with Gasteiger partial charge in [-0.05, 0) is 106 Å². The van der Waals surface area contributed by atoms with E-state index in [4.69, 9.17) is 23.7 Å². The molecule has 5 aromatic carbocycles. The first-order chi connectivity index (χ1) is 25.9. The van der Waals surface area contributed by atoms with Gasteiger partial charge in [-0.15, -0.1) is 0 Å². The van der Waals surface area contributed by atoms with Gasteiger partial charge in [0.15, 0.2) is 5.60 Å². The predicted octanol–water partition coefficient (Wildman–Crippen LogP) is 11.0. The van der Waals surface area contributed by atoms with E-state index in [1.807, 2.05) is 24.3 Å². The Labute approximate surface area is 319 Å². The van der Waals surface area contributed by atoms with Crippen molar-refractivity contribution in [2.45, 2.75) is 71.3 Å². The molecule has 2 aliphatic carbocycles. The molecule has 0 bridgehead atoms. The highest BCUT2D eigenvalue weighted by molar-refractivity contribution is 6.09. The molecule has 3 aliphatic rings. The van der Waals surface area contributed by atoms with Gasteiger partial charge in [-0.3, -0.25) is 4.79 Å². The van der Waals surface area contributed by atoms with Crippen LogP contribution in [-0.2, 0) is 20.5 Å². The lowest BCUT2D eigenvalue weighted by Crippen LogP contribution is -2.44. The summed E-state index contributed by atoms with van der Waals surface area (Å²) in [7, 11) is 3.40. The van der Waals surface area contributed by atoms with Crippen LogP contribution in [0.15, 0.2) is 97.1 Å². The maximum atomic E-state index is 11.6. The smallest absolute Gasteiger partial charge is 0.305 e. The number of carbonyl (C=O) groups is 1.